The van der Waals surface area contributed by atoms with E-state index < -0.39 is 0 Å². The van der Waals surface area contributed by atoms with Gasteiger partial charge in [0.1, 0.15) is 18.2 Å². The van der Waals surface area contributed by atoms with Crippen molar-refractivity contribution in [1.29, 1.82) is 0 Å². The van der Waals surface area contributed by atoms with E-state index in [1.165, 1.54) is 11.8 Å². The molecule has 2 aliphatic rings. The molecule has 1 aromatic heterocycles. The van der Waals surface area contributed by atoms with Crippen LogP contribution in [-0.4, -0.2) is 46.1 Å². The van der Waals surface area contributed by atoms with Gasteiger partial charge < -0.3 is 19.9 Å². The molecule has 1 aromatic carbocycles. The maximum Gasteiger partial charge on any atom is 0.348 e. The first kappa shape index (κ1) is 19.8. The Morgan fingerprint density at radius 2 is 2.00 bits per heavy atom. The molecule has 0 saturated carbocycles. The first-order chi connectivity index (χ1) is 14.2. The lowest BCUT2D eigenvalue weighted by Crippen LogP contribution is -2.31. The monoisotopic (exact) mass is 417 g/mol. The van der Waals surface area contributed by atoms with Gasteiger partial charge in [-0.25, -0.2) is 4.79 Å². The second-order valence-electron chi connectivity index (χ2n) is 6.90. The number of hydrogen-bond donors (Lipinski definition) is 2. The molecule has 0 spiro atoms. The van der Waals surface area contributed by atoms with Gasteiger partial charge in [0.25, 0.3) is 0 Å². The van der Waals surface area contributed by atoms with Crippen molar-refractivity contribution in [2.24, 2.45) is 0 Å². The van der Waals surface area contributed by atoms with E-state index in [0.29, 0.717) is 35.4 Å². The van der Waals surface area contributed by atoms with Crippen LogP contribution in [0.5, 0.6) is 11.5 Å². The van der Waals surface area contributed by atoms with Gasteiger partial charge in [0, 0.05) is 23.0 Å². The van der Waals surface area contributed by atoms with E-state index in [1.807, 2.05) is 0 Å². The molecule has 0 unspecified atom stereocenters. The van der Waals surface area contributed by atoms with Gasteiger partial charge in [-0.05, 0) is 37.8 Å². The van der Waals surface area contributed by atoms with Crippen LogP contribution < -0.4 is 20.5 Å². The second-order valence-corrected chi connectivity index (χ2v) is 7.87. The van der Waals surface area contributed by atoms with E-state index in [0.717, 1.165) is 36.9 Å². The van der Waals surface area contributed by atoms with Crippen LogP contribution in [0, 0.1) is 0 Å². The highest BCUT2D eigenvalue weighted by atomic mass is 32.2. The molecular formula is C20H23N3O5S. The van der Waals surface area contributed by atoms with Crippen LogP contribution in [0.4, 0.5) is 5.69 Å². The Labute approximate surface area is 172 Å². The lowest BCUT2D eigenvalue weighted by Gasteiger charge is -2.22. The highest BCUT2D eigenvalue weighted by Crippen LogP contribution is 2.33. The number of carbonyl (C=O) groups is 1. The molecule has 2 aromatic rings. The molecule has 154 valence electrons. The van der Waals surface area contributed by atoms with Gasteiger partial charge in [-0.3, -0.25) is 9.36 Å². The number of amides is 1. The number of fused-ring (bicyclic) bond motifs is 2. The summed E-state index contributed by atoms with van der Waals surface area (Å²) in [6, 6.07) is 5.29. The van der Waals surface area contributed by atoms with Crippen molar-refractivity contribution < 1.29 is 19.4 Å². The van der Waals surface area contributed by atoms with Gasteiger partial charge in [0.05, 0.1) is 18.9 Å². The maximum atomic E-state index is 12.4. The first-order valence-electron chi connectivity index (χ1n) is 9.71. The minimum absolute atomic E-state index is 0.0988. The number of hydrogen-bond acceptors (Lipinski definition) is 7. The first-order valence-corrected chi connectivity index (χ1v) is 10.7. The molecule has 0 bridgehead atoms. The lowest BCUT2D eigenvalue weighted by molar-refractivity contribution is -0.113. The topological polar surface area (TPSA) is 103 Å². The van der Waals surface area contributed by atoms with Gasteiger partial charge >= 0.3 is 5.69 Å². The van der Waals surface area contributed by atoms with Crippen molar-refractivity contribution in [3.8, 4) is 11.5 Å². The van der Waals surface area contributed by atoms with Gasteiger partial charge in [0.2, 0.25) is 5.91 Å². The SMILES string of the molecule is O=C(CSc1nc(=O)n(CCO)c2c1CCCC2)Nc1ccc2c(c1)OCCO2. The Morgan fingerprint density at radius 1 is 1.21 bits per heavy atom. The summed E-state index contributed by atoms with van der Waals surface area (Å²) in [5.74, 6) is 1.25. The van der Waals surface area contributed by atoms with Crippen molar-refractivity contribution in [3.05, 3.63) is 39.9 Å². The third-order valence-corrected chi connectivity index (χ3v) is 5.96. The van der Waals surface area contributed by atoms with E-state index in [-0.39, 0.29) is 30.5 Å². The molecular weight excluding hydrogens is 394 g/mol. The van der Waals surface area contributed by atoms with Crippen molar-refractivity contribution in [2.75, 3.05) is 30.9 Å². The van der Waals surface area contributed by atoms with Gasteiger partial charge in [-0.15, -0.1) is 0 Å². The molecule has 1 amide bonds. The van der Waals surface area contributed by atoms with Crippen LogP contribution in [0.2, 0.25) is 0 Å². The van der Waals surface area contributed by atoms with E-state index in [2.05, 4.69) is 10.3 Å². The maximum absolute atomic E-state index is 12.4. The quantitative estimate of drug-likeness (QED) is 0.544. The zero-order chi connectivity index (χ0) is 20.2. The number of anilines is 1. The molecule has 1 aliphatic carbocycles. The van der Waals surface area contributed by atoms with E-state index in [4.69, 9.17) is 9.47 Å². The number of aliphatic hydroxyl groups is 1. The lowest BCUT2D eigenvalue weighted by atomic mass is 9.97. The molecule has 9 heteroatoms. The van der Waals surface area contributed by atoms with Crippen LogP contribution in [0.1, 0.15) is 24.1 Å². The Balaban J connectivity index is 1.45. The number of ether oxygens (including phenoxy) is 2. The molecule has 8 nitrogen and oxygen atoms in total. The van der Waals surface area contributed by atoms with Crippen LogP contribution >= 0.6 is 11.8 Å². The Bertz CT molecular complexity index is 975. The molecule has 4 rings (SSSR count). The van der Waals surface area contributed by atoms with Crippen LogP contribution in [0.3, 0.4) is 0 Å². The molecule has 0 saturated heterocycles. The van der Waals surface area contributed by atoms with Crippen molar-refractivity contribution >= 4 is 23.4 Å². The van der Waals surface area contributed by atoms with E-state index >= 15 is 0 Å². The standard InChI is InChI=1S/C20H23N3O5S/c24-8-7-23-15-4-2-1-3-14(15)19(22-20(23)26)29-12-18(25)21-13-5-6-16-17(11-13)28-10-9-27-16/h5-6,11,24H,1-4,7-10,12H2,(H,21,25). The largest absolute Gasteiger partial charge is 0.486 e. The van der Waals surface area contributed by atoms with E-state index in [9.17, 15) is 14.7 Å². The van der Waals surface area contributed by atoms with E-state index in [1.54, 1.807) is 22.8 Å². The number of aromatic nitrogens is 2. The van der Waals surface area contributed by atoms with Crippen LogP contribution in [0.15, 0.2) is 28.0 Å². The van der Waals surface area contributed by atoms with Crippen molar-refractivity contribution in [2.45, 2.75) is 37.3 Å². The number of thioether (sulfide) groups is 1. The van der Waals surface area contributed by atoms with Crippen molar-refractivity contribution in [1.82, 2.24) is 9.55 Å². The third kappa shape index (κ3) is 4.40. The predicted molar refractivity (Wildman–Crippen MR) is 109 cm³/mol. The van der Waals surface area contributed by atoms with Gasteiger partial charge in [-0.1, -0.05) is 11.8 Å². The number of carbonyl (C=O) groups excluding carboxylic acids is 1. The zero-order valence-corrected chi connectivity index (χ0v) is 16.8. The number of rotatable bonds is 6. The Hall–Kier alpha value is -2.52. The summed E-state index contributed by atoms with van der Waals surface area (Å²) in [5, 5.41) is 12.7. The summed E-state index contributed by atoms with van der Waals surface area (Å²) < 4.78 is 12.6. The fourth-order valence-electron chi connectivity index (χ4n) is 3.65. The molecule has 2 heterocycles. The highest BCUT2D eigenvalue weighted by Gasteiger charge is 2.21. The normalized spacial score (nSPS) is 14.9. The molecule has 0 fully saturated rings. The minimum atomic E-state index is -0.366. The fourth-order valence-corrected chi connectivity index (χ4v) is 4.53. The summed E-state index contributed by atoms with van der Waals surface area (Å²) >= 11 is 1.28. The Kier molecular flexibility index (Phi) is 6.05. The van der Waals surface area contributed by atoms with Crippen molar-refractivity contribution in [3.63, 3.8) is 0 Å². The average molecular weight is 417 g/mol. The second kappa shape index (κ2) is 8.87. The molecule has 0 radical (unpaired) electrons. The summed E-state index contributed by atoms with van der Waals surface area (Å²) in [7, 11) is 0. The van der Waals surface area contributed by atoms with Crippen LogP contribution in [-0.2, 0) is 24.2 Å². The minimum Gasteiger partial charge on any atom is -0.486 e. The molecule has 2 N–H and O–H groups in total. The third-order valence-electron chi connectivity index (χ3n) is 4.94. The molecule has 1 aliphatic heterocycles. The smallest absolute Gasteiger partial charge is 0.348 e. The number of nitrogens with zero attached hydrogens (tertiary/aromatic N) is 2. The summed E-state index contributed by atoms with van der Waals surface area (Å²) in [6.45, 7) is 1.16. The number of aliphatic hydroxyl groups excluding tert-OH is 1. The zero-order valence-electron chi connectivity index (χ0n) is 16.0. The summed E-state index contributed by atoms with van der Waals surface area (Å²) in [6.07, 6.45) is 3.67. The predicted octanol–water partition coefficient (Wildman–Crippen LogP) is 1.62. The Morgan fingerprint density at radius 3 is 2.83 bits per heavy atom. The van der Waals surface area contributed by atoms with Gasteiger partial charge in [-0.2, -0.15) is 4.98 Å². The van der Waals surface area contributed by atoms with Gasteiger partial charge in [0.15, 0.2) is 11.5 Å². The van der Waals surface area contributed by atoms with Crippen LogP contribution in [0.25, 0.3) is 0 Å². The molecule has 0 atom stereocenters. The number of benzene rings is 1. The highest BCUT2D eigenvalue weighted by molar-refractivity contribution is 8.00. The summed E-state index contributed by atoms with van der Waals surface area (Å²) in [4.78, 5) is 29.0. The average Bonchev–Trinajstić information content (AvgIpc) is 2.74. The fraction of sp³-hybridized carbons (Fsp3) is 0.450. The summed E-state index contributed by atoms with van der Waals surface area (Å²) in [5.41, 5.74) is 2.24. The molecule has 29 heavy (non-hydrogen) atoms. The number of nitrogens with one attached hydrogen (secondary N) is 1.